The van der Waals surface area contributed by atoms with E-state index in [1.165, 1.54) is 0 Å². The number of aliphatic hydroxyl groups is 1. The lowest BCUT2D eigenvalue weighted by molar-refractivity contribution is 0.1000. The zero-order chi connectivity index (χ0) is 27.9. The lowest BCUT2D eigenvalue weighted by atomic mass is 9.99. The van der Waals surface area contributed by atoms with Gasteiger partial charge in [0, 0.05) is 45.8 Å². The number of benzene rings is 4. The Morgan fingerprint density at radius 3 is 2.59 bits per heavy atom. The smallest absolute Gasteiger partial charge is 0.250 e. The SMILES string of the molecule is NC(=O)c1ccc(-n2c3ccccc3c3c(-c4cnc5ccccc5c4)cccc32)cc1NCC(O)C1CCCC1. The monoisotopic (exact) mass is 540 g/mol. The molecular weight excluding hydrogens is 508 g/mol. The molecule has 1 saturated carbocycles. The Hall–Kier alpha value is -4.68. The zero-order valence-electron chi connectivity index (χ0n) is 22.8. The molecule has 204 valence electrons. The van der Waals surface area contributed by atoms with Gasteiger partial charge in [-0.05, 0) is 66.8 Å². The van der Waals surface area contributed by atoms with Crippen molar-refractivity contribution < 1.29 is 9.90 Å². The van der Waals surface area contributed by atoms with E-state index in [-0.39, 0.29) is 0 Å². The van der Waals surface area contributed by atoms with Crippen LogP contribution in [0.5, 0.6) is 0 Å². The van der Waals surface area contributed by atoms with Gasteiger partial charge < -0.3 is 20.7 Å². The van der Waals surface area contributed by atoms with Crippen LogP contribution in [-0.2, 0) is 0 Å². The number of hydrogen-bond donors (Lipinski definition) is 3. The Labute approximate surface area is 238 Å². The predicted molar refractivity (Wildman–Crippen MR) is 166 cm³/mol. The summed E-state index contributed by atoms with van der Waals surface area (Å²) in [5, 5.41) is 17.5. The van der Waals surface area contributed by atoms with Gasteiger partial charge in [-0.1, -0.05) is 61.4 Å². The van der Waals surface area contributed by atoms with Crippen molar-refractivity contribution in [3.8, 4) is 16.8 Å². The van der Waals surface area contributed by atoms with Gasteiger partial charge in [-0.15, -0.1) is 0 Å². The van der Waals surface area contributed by atoms with Crippen LogP contribution in [0.4, 0.5) is 5.69 Å². The van der Waals surface area contributed by atoms with Gasteiger partial charge in [-0.3, -0.25) is 9.78 Å². The number of fused-ring (bicyclic) bond motifs is 4. The maximum absolute atomic E-state index is 12.3. The molecule has 2 aromatic heterocycles. The van der Waals surface area contributed by atoms with Crippen LogP contribution in [-0.4, -0.2) is 33.2 Å². The van der Waals surface area contributed by atoms with Crippen LogP contribution in [0.25, 0.3) is 49.5 Å². The van der Waals surface area contributed by atoms with Crippen molar-refractivity contribution in [1.82, 2.24) is 9.55 Å². The van der Waals surface area contributed by atoms with E-state index in [1.54, 1.807) is 6.07 Å². The second-order valence-electron chi connectivity index (χ2n) is 11.1. The third-order valence-electron chi connectivity index (χ3n) is 8.57. The fourth-order valence-corrected chi connectivity index (χ4v) is 6.51. The topological polar surface area (TPSA) is 93.2 Å². The number of carbonyl (C=O) groups excluding carboxylic acids is 1. The summed E-state index contributed by atoms with van der Waals surface area (Å²) >= 11 is 0. The highest BCUT2D eigenvalue weighted by molar-refractivity contribution is 6.16. The summed E-state index contributed by atoms with van der Waals surface area (Å²) in [6.45, 7) is 0.376. The van der Waals surface area contributed by atoms with E-state index < -0.39 is 12.0 Å². The molecule has 1 unspecified atom stereocenters. The quantitative estimate of drug-likeness (QED) is 0.202. The predicted octanol–water partition coefficient (Wildman–Crippen LogP) is 7.06. The standard InChI is InChI=1S/C35H32N4O2/c36-35(41)27-17-16-25(19-30(27)38-21-33(40)22-8-1-2-9-22)39-31-14-6-4-11-28(31)34-26(12-7-15-32(34)39)24-18-23-10-3-5-13-29(23)37-20-24/h3-7,10-20,22,33,38,40H,1-2,8-9,21H2,(H2,36,41). The maximum atomic E-state index is 12.3. The Bertz CT molecular complexity index is 1920. The Morgan fingerprint density at radius 2 is 1.73 bits per heavy atom. The number of nitrogens with one attached hydrogen (secondary N) is 1. The highest BCUT2D eigenvalue weighted by Crippen LogP contribution is 2.39. The fraction of sp³-hybridized carbons (Fsp3) is 0.200. The number of rotatable bonds is 7. The van der Waals surface area contributed by atoms with Crippen molar-refractivity contribution in [3.05, 3.63) is 103 Å². The van der Waals surface area contributed by atoms with Crippen molar-refractivity contribution in [2.75, 3.05) is 11.9 Å². The number of nitrogens with two attached hydrogens (primary N) is 1. The van der Waals surface area contributed by atoms with Crippen molar-refractivity contribution in [2.45, 2.75) is 31.8 Å². The molecule has 7 rings (SSSR count). The first-order valence-electron chi connectivity index (χ1n) is 14.3. The van der Waals surface area contributed by atoms with Gasteiger partial charge in [0.2, 0.25) is 0 Å². The van der Waals surface area contributed by atoms with Crippen LogP contribution in [0, 0.1) is 5.92 Å². The molecular formula is C35H32N4O2. The van der Waals surface area contributed by atoms with Crippen LogP contribution in [0.15, 0.2) is 97.2 Å². The minimum absolute atomic E-state index is 0.295. The largest absolute Gasteiger partial charge is 0.391 e. The summed E-state index contributed by atoms with van der Waals surface area (Å²) in [4.78, 5) is 17.1. The summed E-state index contributed by atoms with van der Waals surface area (Å²) in [6.07, 6.45) is 5.89. The number of amides is 1. The minimum Gasteiger partial charge on any atom is -0.391 e. The molecule has 6 heteroatoms. The number of aliphatic hydroxyl groups excluding tert-OH is 1. The van der Waals surface area contributed by atoms with Gasteiger partial charge in [0.25, 0.3) is 5.91 Å². The summed E-state index contributed by atoms with van der Waals surface area (Å²) in [5.41, 5.74) is 13.0. The molecule has 1 fully saturated rings. The third-order valence-corrected chi connectivity index (χ3v) is 8.57. The van der Waals surface area contributed by atoms with Crippen molar-refractivity contribution in [2.24, 2.45) is 11.7 Å². The number of pyridine rings is 1. The van der Waals surface area contributed by atoms with E-state index in [4.69, 9.17) is 10.7 Å². The van der Waals surface area contributed by atoms with E-state index in [0.29, 0.717) is 23.7 Å². The average molecular weight is 541 g/mol. The van der Waals surface area contributed by atoms with Gasteiger partial charge in [0.1, 0.15) is 0 Å². The molecule has 4 aromatic carbocycles. The molecule has 0 saturated heterocycles. The molecule has 6 aromatic rings. The molecule has 0 aliphatic heterocycles. The van der Waals surface area contributed by atoms with Crippen LogP contribution >= 0.6 is 0 Å². The van der Waals surface area contributed by atoms with Gasteiger partial charge in [0.05, 0.1) is 28.2 Å². The van der Waals surface area contributed by atoms with Gasteiger partial charge >= 0.3 is 0 Å². The second kappa shape index (κ2) is 10.4. The first kappa shape index (κ1) is 25.3. The zero-order valence-corrected chi connectivity index (χ0v) is 22.8. The maximum Gasteiger partial charge on any atom is 0.250 e. The average Bonchev–Trinajstić information content (AvgIpc) is 3.66. The molecule has 0 bridgehead atoms. The summed E-state index contributed by atoms with van der Waals surface area (Å²) in [5.74, 6) is -0.203. The number of para-hydroxylation sites is 2. The second-order valence-corrected chi connectivity index (χ2v) is 11.1. The molecule has 0 spiro atoms. The number of aromatic nitrogens is 2. The van der Waals surface area contributed by atoms with Gasteiger partial charge in [0.15, 0.2) is 0 Å². The highest BCUT2D eigenvalue weighted by atomic mass is 16.3. The lowest BCUT2D eigenvalue weighted by Crippen LogP contribution is -2.27. The van der Waals surface area contributed by atoms with Crippen molar-refractivity contribution >= 4 is 44.3 Å². The normalized spacial score (nSPS) is 14.7. The van der Waals surface area contributed by atoms with E-state index >= 15 is 0 Å². The van der Waals surface area contributed by atoms with Gasteiger partial charge in [-0.25, -0.2) is 0 Å². The lowest BCUT2D eigenvalue weighted by Gasteiger charge is -2.20. The number of nitrogens with zero attached hydrogens (tertiary/aromatic N) is 2. The molecule has 6 nitrogen and oxygen atoms in total. The van der Waals surface area contributed by atoms with E-state index in [0.717, 1.165) is 75.2 Å². The Balaban J connectivity index is 1.37. The Morgan fingerprint density at radius 1 is 0.951 bits per heavy atom. The van der Waals surface area contributed by atoms with E-state index in [9.17, 15) is 9.90 Å². The summed E-state index contributed by atoms with van der Waals surface area (Å²) < 4.78 is 2.23. The van der Waals surface area contributed by atoms with Crippen molar-refractivity contribution in [3.63, 3.8) is 0 Å². The van der Waals surface area contributed by atoms with Gasteiger partial charge in [-0.2, -0.15) is 0 Å². The number of primary amides is 1. The van der Waals surface area contributed by atoms with E-state index in [1.807, 2.05) is 42.6 Å². The first-order valence-corrected chi connectivity index (χ1v) is 14.3. The molecule has 4 N–H and O–H groups in total. The highest BCUT2D eigenvalue weighted by Gasteiger charge is 2.24. The van der Waals surface area contributed by atoms with Crippen LogP contribution in [0.3, 0.4) is 0 Å². The molecule has 1 atom stereocenters. The van der Waals surface area contributed by atoms with Crippen LogP contribution in [0.2, 0.25) is 0 Å². The molecule has 1 amide bonds. The number of anilines is 1. The molecule has 0 radical (unpaired) electrons. The Kier molecular flexibility index (Phi) is 6.40. The fourth-order valence-electron chi connectivity index (χ4n) is 6.51. The summed E-state index contributed by atoms with van der Waals surface area (Å²) in [7, 11) is 0. The summed E-state index contributed by atoms with van der Waals surface area (Å²) in [6, 6.07) is 30.8. The molecule has 41 heavy (non-hydrogen) atoms. The minimum atomic E-state index is -0.497. The first-order chi connectivity index (χ1) is 20.1. The van der Waals surface area contributed by atoms with Crippen LogP contribution in [0.1, 0.15) is 36.0 Å². The van der Waals surface area contributed by atoms with Crippen molar-refractivity contribution in [1.29, 1.82) is 0 Å². The number of carbonyl (C=O) groups is 1. The molecule has 2 heterocycles. The third kappa shape index (κ3) is 4.50. The molecule has 1 aliphatic rings. The molecule has 1 aliphatic carbocycles. The van der Waals surface area contributed by atoms with E-state index in [2.05, 4.69) is 58.4 Å². The number of hydrogen-bond acceptors (Lipinski definition) is 4. The van der Waals surface area contributed by atoms with Crippen LogP contribution < -0.4 is 11.1 Å².